The number of aliphatic hydroxyl groups is 1. The molecule has 0 radical (unpaired) electrons. The van der Waals surface area contributed by atoms with E-state index in [4.69, 9.17) is 4.74 Å². The molecule has 0 fully saturated rings. The van der Waals surface area contributed by atoms with Gasteiger partial charge in [-0.05, 0) is 30.3 Å². The molecule has 0 bridgehead atoms. The zero-order chi connectivity index (χ0) is 18.6. The van der Waals surface area contributed by atoms with Gasteiger partial charge < -0.3 is 15.2 Å². The van der Waals surface area contributed by atoms with Gasteiger partial charge in [-0.25, -0.2) is 4.39 Å². The van der Waals surface area contributed by atoms with Crippen LogP contribution in [0.1, 0.15) is 37.0 Å². The van der Waals surface area contributed by atoms with Gasteiger partial charge in [-0.3, -0.25) is 9.48 Å². The number of aryl methyl sites for hydroxylation is 1. The SMILES string of the molecule is Cn1nc(C(C)(C)C)cc1C(=O)NCC(O)COc1ccc(F)cc1. The molecule has 1 atom stereocenters. The van der Waals surface area contributed by atoms with E-state index >= 15 is 0 Å². The van der Waals surface area contributed by atoms with Crippen molar-refractivity contribution in [3.63, 3.8) is 0 Å². The van der Waals surface area contributed by atoms with E-state index in [2.05, 4.69) is 10.4 Å². The second-order valence-electron chi connectivity index (χ2n) is 6.92. The van der Waals surface area contributed by atoms with Crippen molar-refractivity contribution in [1.82, 2.24) is 15.1 Å². The van der Waals surface area contributed by atoms with Crippen LogP contribution in [0.25, 0.3) is 0 Å². The monoisotopic (exact) mass is 349 g/mol. The number of halogens is 1. The largest absolute Gasteiger partial charge is 0.491 e. The number of ether oxygens (including phenoxy) is 1. The number of nitrogens with one attached hydrogen (secondary N) is 1. The van der Waals surface area contributed by atoms with Crippen molar-refractivity contribution in [2.24, 2.45) is 7.05 Å². The lowest BCUT2D eigenvalue weighted by Gasteiger charge is -2.14. The van der Waals surface area contributed by atoms with Crippen molar-refractivity contribution >= 4 is 5.91 Å². The van der Waals surface area contributed by atoms with Crippen molar-refractivity contribution in [2.75, 3.05) is 13.2 Å². The highest BCUT2D eigenvalue weighted by Gasteiger charge is 2.22. The number of benzene rings is 1. The molecule has 2 N–H and O–H groups in total. The summed E-state index contributed by atoms with van der Waals surface area (Å²) in [5, 5.41) is 16.9. The molecule has 0 spiro atoms. The maximum absolute atomic E-state index is 12.8. The zero-order valence-electron chi connectivity index (χ0n) is 14.9. The number of aliphatic hydroxyl groups excluding tert-OH is 1. The maximum atomic E-state index is 12.8. The lowest BCUT2D eigenvalue weighted by atomic mass is 9.92. The molecule has 1 amide bonds. The number of aromatic nitrogens is 2. The van der Waals surface area contributed by atoms with Gasteiger partial charge in [0.2, 0.25) is 0 Å². The lowest BCUT2D eigenvalue weighted by Crippen LogP contribution is -2.36. The number of amides is 1. The summed E-state index contributed by atoms with van der Waals surface area (Å²) in [4.78, 5) is 12.3. The van der Waals surface area contributed by atoms with Gasteiger partial charge in [0.15, 0.2) is 0 Å². The average molecular weight is 349 g/mol. The highest BCUT2D eigenvalue weighted by atomic mass is 19.1. The van der Waals surface area contributed by atoms with Gasteiger partial charge in [0.1, 0.15) is 30.0 Å². The molecule has 0 aliphatic rings. The Morgan fingerprint density at radius 3 is 2.56 bits per heavy atom. The minimum Gasteiger partial charge on any atom is -0.491 e. The van der Waals surface area contributed by atoms with Crippen LogP contribution in [-0.4, -0.2) is 40.0 Å². The Labute approximate surface area is 146 Å². The van der Waals surface area contributed by atoms with Gasteiger partial charge in [0.25, 0.3) is 5.91 Å². The topological polar surface area (TPSA) is 76.4 Å². The number of rotatable bonds is 6. The van der Waals surface area contributed by atoms with E-state index in [0.29, 0.717) is 11.4 Å². The van der Waals surface area contributed by atoms with Gasteiger partial charge in [-0.15, -0.1) is 0 Å². The summed E-state index contributed by atoms with van der Waals surface area (Å²) >= 11 is 0. The molecule has 0 saturated carbocycles. The molecule has 25 heavy (non-hydrogen) atoms. The van der Waals surface area contributed by atoms with Crippen LogP contribution in [0.2, 0.25) is 0 Å². The molecule has 1 aromatic carbocycles. The molecule has 0 aliphatic heterocycles. The Kier molecular flexibility index (Phi) is 5.79. The number of hydrogen-bond donors (Lipinski definition) is 2. The summed E-state index contributed by atoms with van der Waals surface area (Å²) in [6.07, 6.45) is -0.885. The molecule has 136 valence electrons. The number of hydrogen-bond acceptors (Lipinski definition) is 4. The highest BCUT2D eigenvalue weighted by molar-refractivity contribution is 5.92. The van der Waals surface area contributed by atoms with E-state index in [0.717, 1.165) is 5.69 Å². The average Bonchev–Trinajstić information content (AvgIpc) is 2.94. The molecule has 0 saturated heterocycles. The highest BCUT2D eigenvalue weighted by Crippen LogP contribution is 2.21. The van der Waals surface area contributed by atoms with E-state index < -0.39 is 6.10 Å². The number of carbonyl (C=O) groups is 1. The van der Waals surface area contributed by atoms with Crippen molar-refractivity contribution in [1.29, 1.82) is 0 Å². The van der Waals surface area contributed by atoms with E-state index in [-0.39, 0.29) is 30.3 Å². The minimum absolute atomic E-state index is 0.00938. The minimum atomic E-state index is -0.885. The third kappa shape index (κ3) is 5.29. The molecule has 7 heteroatoms. The molecular formula is C18H24FN3O3. The van der Waals surface area contributed by atoms with E-state index in [1.165, 1.54) is 28.9 Å². The van der Waals surface area contributed by atoms with Crippen LogP contribution in [0.4, 0.5) is 4.39 Å². The third-order valence-corrected chi connectivity index (χ3v) is 3.64. The Bertz CT molecular complexity index is 720. The van der Waals surface area contributed by atoms with Crippen LogP contribution in [0.5, 0.6) is 5.75 Å². The fraction of sp³-hybridized carbons (Fsp3) is 0.444. The van der Waals surface area contributed by atoms with Crippen LogP contribution >= 0.6 is 0 Å². The lowest BCUT2D eigenvalue weighted by molar-refractivity contribution is 0.0836. The smallest absolute Gasteiger partial charge is 0.269 e. The first kappa shape index (κ1) is 18.9. The first-order chi connectivity index (χ1) is 11.7. The Morgan fingerprint density at radius 1 is 1.36 bits per heavy atom. The molecule has 6 nitrogen and oxygen atoms in total. The molecule has 1 aromatic heterocycles. The fourth-order valence-electron chi connectivity index (χ4n) is 2.13. The Hall–Kier alpha value is -2.41. The van der Waals surface area contributed by atoms with Crippen LogP contribution in [0.3, 0.4) is 0 Å². The quantitative estimate of drug-likeness (QED) is 0.837. The second kappa shape index (κ2) is 7.65. The molecular weight excluding hydrogens is 325 g/mol. The fourth-order valence-corrected chi connectivity index (χ4v) is 2.13. The molecule has 1 heterocycles. The summed E-state index contributed by atoms with van der Waals surface area (Å²) < 4.78 is 19.7. The van der Waals surface area contributed by atoms with Gasteiger partial charge in [-0.2, -0.15) is 5.10 Å². The van der Waals surface area contributed by atoms with E-state index in [1.54, 1.807) is 13.1 Å². The molecule has 0 aliphatic carbocycles. The van der Waals surface area contributed by atoms with Gasteiger partial charge in [0, 0.05) is 19.0 Å². The zero-order valence-corrected chi connectivity index (χ0v) is 14.9. The van der Waals surface area contributed by atoms with Crippen LogP contribution in [0.15, 0.2) is 30.3 Å². The number of nitrogens with zero attached hydrogens (tertiary/aromatic N) is 2. The van der Waals surface area contributed by atoms with Crippen molar-refractivity contribution in [3.05, 3.63) is 47.5 Å². The molecule has 1 unspecified atom stereocenters. The predicted molar refractivity (Wildman–Crippen MR) is 92.1 cm³/mol. The van der Waals surface area contributed by atoms with Gasteiger partial charge >= 0.3 is 0 Å². The standard InChI is InChI=1S/C18H24FN3O3/c1-18(2,3)16-9-15(22(4)21-16)17(24)20-10-13(23)11-25-14-7-5-12(19)6-8-14/h5-9,13,23H,10-11H2,1-4H3,(H,20,24). The van der Waals surface area contributed by atoms with Crippen LogP contribution in [-0.2, 0) is 12.5 Å². The van der Waals surface area contributed by atoms with Crippen molar-refractivity contribution < 1.29 is 19.0 Å². The van der Waals surface area contributed by atoms with E-state index in [9.17, 15) is 14.3 Å². The summed E-state index contributed by atoms with van der Waals surface area (Å²) in [5.41, 5.74) is 1.09. The summed E-state index contributed by atoms with van der Waals surface area (Å²) in [5.74, 6) is -0.217. The Balaban J connectivity index is 1.85. The first-order valence-corrected chi connectivity index (χ1v) is 8.06. The van der Waals surface area contributed by atoms with Crippen molar-refractivity contribution in [2.45, 2.75) is 32.3 Å². The number of carbonyl (C=O) groups excluding carboxylic acids is 1. The van der Waals surface area contributed by atoms with Crippen LogP contribution < -0.4 is 10.1 Å². The second-order valence-corrected chi connectivity index (χ2v) is 6.92. The van der Waals surface area contributed by atoms with Gasteiger partial charge in [-0.1, -0.05) is 20.8 Å². The van der Waals surface area contributed by atoms with Crippen molar-refractivity contribution in [3.8, 4) is 5.75 Å². The van der Waals surface area contributed by atoms with E-state index in [1.807, 2.05) is 20.8 Å². The predicted octanol–water partition coefficient (Wildman–Crippen LogP) is 2.03. The third-order valence-electron chi connectivity index (χ3n) is 3.64. The molecule has 2 rings (SSSR count). The first-order valence-electron chi connectivity index (χ1n) is 8.06. The molecule has 2 aromatic rings. The Morgan fingerprint density at radius 2 is 2.00 bits per heavy atom. The van der Waals surface area contributed by atoms with Crippen LogP contribution in [0, 0.1) is 5.82 Å². The summed E-state index contributed by atoms with van der Waals surface area (Å²) in [7, 11) is 1.71. The van der Waals surface area contributed by atoms with Gasteiger partial charge in [0.05, 0.1) is 5.69 Å². The summed E-state index contributed by atoms with van der Waals surface area (Å²) in [6.45, 7) is 6.09. The maximum Gasteiger partial charge on any atom is 0.269 e. The summed E-state index contributed by atoms with van der Waals surface area (Å²) in [6, 6.07) is 7.25. The normalized spacial score (nSPS) is 12.7.